The van der Waals surface area contributed by atoms with Crippen LogP contribution in [0.5, 0.6) is 0 Å². The van der Waals surface area contributed by atoms with E-state index in [1.54, 1.807) is 30.7 Å². The van der Waals surface area contributed by atoms with Gasteiger partial charge in [0, 0.05) is 31.2 Å². The Bertz CT molecular complexity index is 2290. The summed E-state index contributed by atoms with van der Waals surface area (Å²) in [6.07, 6.45) is 1.34. The molecule has 1 fully saturated rings. The number of imidazole rings is 1. The maximum Gasteiger partial charge on any atom is 0.332 e. The van der Waals surface area contributed by atoms with Gasteiger partial charge in [0.15, 0.2) is 11.2 Å². The number of carbonyl (C=O) groups excluding carboxylic acids is 2. The SMILES string of the molecule is CC#CCn1c(N2CCCC(N3C(=O)c4ccc(C)cc4C3=O)C2)nc2c1c(=O)n(Cc1nc(C)c3ccccc3n1)c(=O)n2C. The highest BCUT2D eigenvalue weighted by Crippen LogP contribution is 2.31. The number of fused-ring (bicyclic) bond motifs is 3. The molecule has 2 aliphatic heterocycles. The number of amides is 2. The lowest BCUT2D eigenvalue weighted by Gasteiger charge is -2.37. The summed E-state index contributed by atoms with van der Waals surface area (Å²) < 4.78 is 4.22. The smallest absolute Gasteiger partial charge is 0.332 e. The van der Waals surface area contributed by atoms with Gasteiger partial charge in [0.05, 0.1) is 35.8 Å². The topological polar surface area (TPSA) is 128 Å². The number of piperidine rings is 1. The van der Waals surface area contributed by atoms with E-state index >= 15 is 0 Å². The first-order valence-corrected chi connectivity index (χ1v) is 15.2. The Morgan fingerprint density at radius 2 is 1.72 bits per heavy atom. The molecule has 0 N–H and O–H groups in total. The van der Waals surface area contributed by atoms with Crippen molar-refractivity contribution in [1.82, 2.24) is 33.6 Å². The predicted molar refractivity (Wildman–Crippen MR) is 173 cm³/mol. The van der Waals surface area contributed by atoms with Crippen LogP contribution in [0.3, 0.4) is 0 Å². The molecule has 0 saturated carbocycles. The maximum absolute atomic E-state index is 14.1. The third-order valence-electron chi connectivity index (χ3n) is 8.88. The minimum atomic E-state index is -0.539. The molecule has 5 aromatic rings. The summed E-state index contributed by atoms with van der Waals surface area (Å²) in [5.41, 5.74) is 2.64. The highest BCUT2D eigenvalue weighted by molar-refractivity contribution is 6.21. The quantitative estimate of drug-likeness (QED) is 0.218. The number of hydrogen-bond acceptors (Lipinski definition) is 8. The molecule has 2 aliphatic rings. The van der Waals surface area contributed by atoms with Crippen molar-refractivity contribution in [3.63, 3.8) is 0 Å². The van der Waals surface area contributed by atoms with E-state index in [1.807, 2.05) is 49.1 Å². The van der Waals surface area contributed by atoms with Gasteiger partial charge in [-0.3, -0.25) is 33.0 Å². The third kappa shape index (κ3) is 4.58. The fourth-order valence-electron chi connectivity index (χ4n) is 6.61. The van der Waals surface area contributed by atoms with Crippen LogP contribution < -0.4 is 16.1 Å². The van der Waals surface area contributed by atoms with Gasteiger partial charge in [0.2, 0.25) is 5.95 Å². The molecule has 0 bridgehead atoms. The fraction of sp³-hybridized carbons (Fsp3) is 0.324. The molecule has 7 rings (SSSR count). The summed E-state index contributed by atoms with van der Waals surface area (Å²) in [6, 6.07) is 12.5. The van der Waals surface area contributed by atoms with Gasteiger partial charge in [-0.05, 0) is 51.8 Å². The molecule has 5 heterocycles. The number of imide groups is 1. The Kier molecular flexibility index (Phi) is 7.04. The summed E-state index contributed by atoms with van der Waals surface area (Å²) in [7, 11) is 1.58. The average Bonchev–Trinajstić information content (AvgIpc) is 3.55. The van der Waals surface area contributed by atoms with Crippen molar-refractivity contribution in [1.29, 1.82) is 0 Å². The van der Waals surface area contributed by atoms with Crippen LogP contribution in [0.4, 0.5) is 5.95 Å². The highest BCUT2D eigenvalue weighted by atomic mass is 16.2. The molecular formula is C34H32N8O4. The van der Waals surface area contributed by atoms with E-state index in [9.17, 15) is 19.2 Å². The Morgan fingerprint density at radius 1 is 0.935 bits per heavy atom. The third-order valence-corrected chi connectivity index (χ3v) is 8.88. The van der Waals surface area contributed by atoms with Gasteiger partial charge in [-0.25, -0.2) is 14.8 Å². The van der Waals surface area contributed by atoms with E-state index < -0.39 is 11.2 Å². The van der Waals surface area contributed by atoms with E-state index in [1.165, 1.54) is 9.47 Å². The van der Waals surface area contributed by atoms with E-state index in [4.69, 9.17) is 4.98 Å². The first-order valence-electron chi connectivity index (χ1n) is 15.2. The van der Waals surface area contributed by atoms with Crippen LogP contribution in [0.15, 0.2) is 52.1 Å². The Morgan fingerprint density at radius 3 is 2.52 bits per heavy atom. The number of hydrogen-bond donors (Lipinski definition) is 0. The number of aryl methyl sites for hydroxylation is 3. The number of aromatic nitrogens is 6. The van der Waals surface area contributed by atoms with Crippen LogP contribution >= 0.6 is 0 Å². The molecule has 1 saturated heterocycles. The van der Waals surface area contributed by atoms with Crippen molar-refractivity contribution in [2.45, 2.75) is 52.7 Å². The molecule has 1 atom stereocenters. The van der Waals surface area contributed by atoms with Gasteiger partial charge in [-0.1, -0.05) is 35.7 Å². The molecule has 12 nitrogen and oxygen atoms in total. The highest BCUT2D eigenvalue weighted by Gasteiger charge is 2.42. The van der Waals surface area contributed by atoms with Crippen LogP contribution in [0.2, 0.25) is 0 Å². The lowest BCUT2D eigenvalue weighted by Crippen LogP contribution is -2.50. The van der Waals surface area contributed by atoms with Gasteiger partial charge in [-0.2, -0.15) is 4.98 Å². The molecule has 0 aliphatic carbocycles. The molecule has 2 amide bonds. The zero-order valence-electron chi connectivity index (χ0n) is 26.1. The summed E-state index contributed by atoms with van der Waals surface area (Å²) in [5, 5.41) is 0.902. The monoisotopic (exact) mass is 616 g/mol. The van der Waals surface area contributed by atoms with Crippen LogP contribution in [-0.2, 0) is 20.1 Å². The Balaban J connectivity index is 1.29. The van der Waals surface area contributed by atoms with Crippen LogP contribution in [0, 0.1) is 25.7 Å². The second-order valence-corrected chi connectivity index (χ2v) is 11.8. The molecule has 0 radical (unpaired) electrons. The van der Waals surface area contributed by atoms with E-state index in [2.05, 4.69) is 21.8 Å². The van der Waals surface area contributed by atoms with Gasteiger partial charge in [-0.15, -0.1) is 5.92 Å². The molecule has 12 heteroatoms. The zero-order chi connectivity index (χ0) is 32.3. The fourth-order valence-corrected chi connectivity index (χ4v) is 6.61. The molecule has 2 aromatic carbocycles. The molecular weight excluding hydrogens is 584 g/mol. The molecule has 46 heavy (non-hydrogen) atoms. The minimum absolute atomic E-state index is 0.113. The van der Waals surface area contributed by atoms with Crippen LogP contribution in [-0.4, -0.2) is 64.5 Å². The lowest BCUT2D eigenvalue weighted by molar-refractivity contribution is 0.0569. The van der Waals surface area contributed by atoms with Crippen molar-refractivity contribution in [2.24, 2.45) is 7.05 Å². The van der Waals surface area contributed by atoms with Gasteiger partial charge in [0.25, 0.3) is 17.4 Å². The van der Waals surface area contributed by atoms with Crippen LogP contribution in [0.1, 0.15) is 57.6 Å². The number of rotatable bonds is 5. The summed E-state index contributed by atoms with van der Waals surface area (Å²) in [4.78, 5) is 71.9. The Labute approximate surface area is 263 Å². The average molecular weight is 617 g/mol. The first-order chi connectivity index (χ1) is 22.2. The van der Waals surface area contributed by atoms with Crippen molar-refractivity contribution >= 4 is 39.8 Å². The van der Waals surface area contributed by atoms with Gasteiger partial charge < -0.3 is 4.90 Å². The standard InChI is InChI=1S/C34H32N8O4/c1-5-6-16-40-28-29(38(4)34(46)41(32(28)45)19-27-35-21(3)23-11-7-8-12-26(23)36-27)37-33(40)39-15-9-10-22(18-39)42-30(43)24-14-13-20(2)17-25(24)31(42)44/h7-8,11-14,17,22H,9-10,15-16,18-19H2,1-4H3. The molecule has 1 unspecified atom stereocenters. The molecule has 232 valence electrons. The number of nitrogens with zero attached hydrogens (tertiary/aromatic N) is 8. The number of carbonyl (C=O) groups is 2. The first kappa shape index (κ1) is 29.2. The normalized spacial score (nSPS) is 16.3. The molecule has 0 spiro atoms. The Hall–Kier alpha value is -5.57. The number of anilines is 1. The largest absolute Gasteiger partial charge is 0.340 e. The van der Waals surface area contributed by atoms with Crippen molar-refractivity contribution in [2.75, 3.05) is 18.0 Å². The second-order valence-electron chi connectivity index (χ2n) is 11.8. The number of para-hydroxylation sites is 1. The predicted octanol–water partition coefficient (Wildman–Crippen LogP) is 2.79. The van der Waals surface area contributed by atoms with Crippen molar-refractivity contribution < 1.29 is 9.59 Å². The zero-order valence-corrected chi connectivity index (χ0v) is 26.1. The summed E-state index contributed by atoms with van der Waals surface area (Å²) in [5.74, 6) is 6.15. The van der Waals surface area contributed by atoms with E-state index in [0.29, 0.717) is 48.8 Å². The molecule has 3 aromatic heterocycles. The number of benzene rings is 2. The van der Waals surface area contributed by atoms with Gasteiger partial charge in [0.1, 0.15) is 5.82 Å². The second kappa shape index (κ2) is 11.1. The summed E-state index contributed by atoms with van der Waals surface area (Å²) in [6.45, 7) is 6.45. The minimum Gasteiger partial charge on any atom is -0.340 e. The summed E-state index contributed by atoms with van der Waals surface area (Å²) >= 11 is 0. The van der Waals surface area contributed by atoms with Crippen molar-refractivity contribution in [3.05, 3.63) is 91.5 Å². The van der Waals surface area contributed by atoms with E-state index in [-0.39, 0.29) is 42.1 Å². The lowest BCUT2D eigenvalue weighted by atomic mass is 10.0. The van der Waals surface area contributed by atoms with Gasteiger partial charge >= 0.3 is 5.69 Å². The van der Waals surface area contributed by atoms with Crippen LogP contribution in [0.25, 0.3) is 22.1 Å². The van der Waals surface area contributed by atoms with Crippen molar-refractivity contribution in [3.8, 4) is 11.8 Å². The maximum atomic E-state index is 14.1. The van der Waals surface area contributed by atoms with E-state index in [0.717, 1.165) is 26.7 Å².